The molecule has 0 spiro atoms. The fourth-order valence-electron chi connectivity index (χ4n) is 1.45. The van der Waals surface area contributed by atoms with Crippen molar-refractivity contribution in [2.45, 2.75) is 45.6 Å². The van der Waals surface area contributed by atoms with Gasteiger partial charge in [-0.3, -0.25) is 0 Å². The molecule has 0 aliphatic carbocycles. The van der Waals surface area contributed by atoms with Crippen molar-refractivity contribution >= 4 is 9.76 Å². The quantitative estimate of drug-likeness (QED) is 0.323. The first-order valence-electron chi connectivity index (χ1n) is 7.49. The lowest BCUT2D eigenvalue weighted by Gasteiger charge is -2.06. The van der Waals surface area contributed by atoms with E-state index in [2.05, 4.69) is 6.92 Å². The van der Waals surface area contributed by atoms with Gasteiger partial charge in [0.1, 0.15) is 0 Å². The van der Waals surface area contributed by atoms with Gasteiger partial charge in [-0.1, -0.05) is 32.6 Å². The summed E-state index contributed by atoms with van der Waals surface area (Å²) < 4.78 is 21.4. The fourth-order valence-corrected chi connectivity index (χ4v) is 2.22. The zero-order chi connectivity index (χ0) is 14.0. The van der Waals surface area contributed by atoms with E-state index in [1.165, 1.54) is 31.7 Å². The third-order valence-corrected chi connectivity index (χ3v) is 3.48. The summed E-state index contributed by atoms with van der Waals surface area (Å²) in [4.78, 5) is 0. The standard InChI is InChI=1S/C14H30O4Si/c1-3-5-6-7-14-19-18-13-12-17-11-10-16-9-8-15-4-2/h3-14H2,1-2H3. The van der Waals surface area contributed by atoms with E-state index >= 15 is 0 Å². The average Bonchev–Trinajstić information content (AvgIpc) is 2.43. The third-order valence-electron chi connectivity index (χ3n) is 2.51. The van der Waals surface area contributed by atoms with Crippen LogP contribution < -0.4 is 0 Å². The zero-order valence-corrected chi connectivity index (χ0v) is 13.6. The Morgan fingerprint density at radius 3 is 1.95 bits per heavy atom. The van der Waals surface area contributed by atoms with E-state index in [0.717, 1.165) is 6.61 Å². The van der Waals surface area contributed by atoms with Crippen molar-refractivity contribution in [3.63, 3.8) is 0 Å². The maximum atomic E-state index is 5.52. The first-order chi connectivity index (χ1) is 9.41. The van der Waals surface area contributed by atoms with Gasteiger partial charge in [0.15, 0.2) is 0 Å². The molecule has 114 valence electrons. The molecule has 0 aromatic rings. The normalized spacial score (nSPS) is 11.1. The van der Waals surface area contributed by atoms with Crippen LogP contribution in [0.1, 0.15) is 39.5 Å². The van der Waals surface area contributed by atoms with Crippen molar-refractivity contribution in [2.24, 2.45) is 0 Å². The number of hydrogen-bond acceptors (Lipinski definition) is 4. The Hall–Kier alpha value is 0.0569. The van der Waals surface area contributed by atoms with Crippen molar-refractivity contribution in [3.8, 4) is 0 Å². The number of hydrogen-bond donors (Lipinski definition) is 0. The second-order valence-corrected chi connectivity index (χ2v) is 5.30. The first-order valence-corrected chi connectivity index (χ1v) is 8.61. The highest BCUT2D eigenvalue weighted by molar-refractivity contribution is 6.26. The monoisotopic (exact) mass is 290 g/mol. The smallest absolute Gasteiger partial charge is 0.229 e. The molecule has 0 amide bonds. The van der Waals surface area contributed by atoms with Gasteiger partial charge in [-0.15, -0.1) is 0 Å². The molecule has 0 unspecified atom stereocenters. The van der Waals surface area contributed by atoms with Crippen LogP contribution >= 0.6 is 0 Å². The van der Waals surface area contributed by atoms with E-state index < -0.39 is 0 Å². The molecular weight excluding hydrogens is 260 g/mol. The van der Waals surface area contributed by atoms with E-state index in [1.807, 2.05) is 6.92 Å². The molecule has 0 aliphatic heterocycles. The lowest BCUT2D eigenvalue weighted by Crippen LogP contribution is -2.12. The zero-order valence-electron chi connectivity index (χ0n) is 12.6. The molecule has 0 atom stereocenters. The lowest BCUT2D eigenvalue weighted by atomic mass is 10.2. The molecule has 0 aliphatic rings. The highest BCUT2D eigenvalue weighted by Crippen LogP contribution is 2.02. The van der Waals surface area contributed by atoms with Crippen molar-refractivity contribution in [3.05, 3.63) is 0 Å². The van der Waals surface area contributed by atoms with Crippen molar-refractivity contribution < 1.29 is 18.6 Å². The molecule has 0 bridgehead atoms. The Morgan fingerprint density at radius 1 is 0.684 bits per heavy atom. The van der Waals surface area contributed by atoms with Crippen LogP contribution in [-0.2, 0) is 18.6 Å². The van der Waals surface area contributed by atoms with Crippen LogP contribution in [0.2, 0.25) is 6.04 Å². The highest BCUT2D eigenvalue weighted by Gasteiger charge is 1.94. The second-order valence-electron chi connectivity index (χ2n) is 4.23. The van der Waals surface area contributed by atoms with Gasteiger partial charge in [0.25, 0.3) is 0 Å². The molecule has 0 rings (SSSR count). The number of rotatable bonds is 16. The molecule has 0 saturated heterocycles. The summed E-state index contributed by atoms with van der Waals surface area (Å²) in [5.41, 5.74) is 0. The molecule has 2 radical (unpaired) electrons. The van der Waals surface area contributed by atoms with Gasteiger partial charge in [-0.25, -0.2) is 0 Å². The lowest BCUT2D eigenvalue weighted by molar-refractivity contribution is 0.0115. The average molecular weight is 290 g/mol. The molecule has 0 aromatic carbocycles. The Bertz CT molecular complexity index is 142. The summed E-state index contributed by atoms with van der Waals surface area (Å²) in [6, 6.07) is 1.19. The number of unbranched alkanes of at least 4 members (excludes halogenated alkanes) is 3. The van der Waals surface area contributed by atoms with Crippen LogP contribution in [0.4, 0.5) is 0 Å². The van der Waals surface area contributed by atoms with Gasteiger partial charge in [-0.05, 0) is 13.0 Å². The Morgan fingerprint density at radius 2 is 1.32 bits per heavy atom. The summed E-state index contributed by atoms with van der Waals surface area (Å²) >= 11 is 0. The second kappa shape index (κ2) is 18.1. The van der Waals surface area contributed by atoms with Gasteiger partial charge >= 0.3 is 0 Å². The van der Waals surface area contributed by atoms with Gasteiger partial charge in [-0.2, -0.15) is 0 Å². The van der Waals surface area contributed by atoms with Crippen LogP contribution in [0, 0.1) is 0 Å². The third kappa shape index (κ3) is 18.1. The van der Waals surface area contributed by atoms with Gasteiger partial charge in [0.2, 0.25) is 9.76 Å². The van der Waals surface area contributed by atoms with E-state index in [-0.39, 0.29) is 0 Å². The topological polar surface area (TPSA) is 36.9 Å². The van der Waals surface area contributed by atoms with Crippen LogP contribution in [-0.4, -0.2) is 56.0 Å². The van der Waals surface area contributed by atoms with Gasteiger partial charge < -0.3 is 18.6 Å². The van der Waals surface area contributed by atoms with Gasteiger partial charge in [0, 0.05) is 6.61 Å². The summed E-state index contributed by atoms with van der Waals surface area (Å²) in [6.07, 6.45) is 5.27. The van der Waals surface area contributed by atoms with Crippen LogP contribution in [0.3, 0.4) is 0 Å². The van der Waals surface area contributed by atoms with Crippen molar-refractivity contribution in [1.29, 1.82) is 0 Å². The minimum atomic E-state index is 0.628. The van der Waals surface area contributed by atoms with E-state index in [0.29, 0.717) is 49.4 Å². The van der Waals surface area contributed by atoms with Crippen LogP contribution in [0.5, 0.6) is 0 Å². The molecule has 19 heavy (non-hydrogen) atoms. The molecule has 5 heteroatoms. The fraction of sp³-hybridized carbons (Fsp3) is 1.00. The van der Waals surface area contributed by atoms with Crippen molar-refractivity contribution in [1.82, 2.24) is 0 Å². The SMILES string of the molecule is CCCCCC[Si]OCCOCCOCCOCC. The minimum Gasteiger partial charge on any atom is -0.415 e. The summed E-state index contributed by atoms with van der Waals surface area (Å²) in [5.74, 6) is 0. The molecule has 0 heterocycles. The van der Waals surface area contributed by atoms with Crippen LogP contribution in [0.25, 0.3) is 0 Å². The highest BCUT2D eigenvalue weighted by atomic mass is 28.2. The molecule has 0 fully saturated rings. The molecule has 0 saturated carbocycles. The maximum absolute atomic E-state index is 5.52. The number of ether oxygens (including phenoxy) is 3. The van der Waals surface area contributed by atoms with E-state index in [1.54, 1.807) is 0 Å². The van der Waals surface area contributed by atoms with E-state index in [9.17, 15) is 0 Å². The summed E-state index contributed by atoms with van der Waals surface area (Å²) in [6.45, 7) is 8.90. The summed E-state index contributed by atoms with van der Waals surface area (Å²) in [7, 11) is 0.628. The Kier molecular flexibility index (Phi) is 18.1. The van der Waals surface area contributed by atoms with Crippen molar-refractivity contribution in [2.75, 3.05) is 46.2 Å². The Labute approximate surface area is 121 Å². The van der Waals surface area contributed by atoms with E-state index in [4.69, 9.17) is 18.6 Å². The summed E-state index contributed by atoms with van der Waals surface area (Å²) in [5, 5.41) is 0. The molecule has 0 N–H and O–H groups in total. The molecular formula is C14H30O4Si. The first kappa shape index (κ1) is 19.1. The van der Waals surface area contributed by atoms with Gasteiger partial charge in [0.05, 0.1) is 39.6 Å². The van der Waals surface area contributed by atoms with Crippen LogP contribution in [0.15, 0.2) is 0 Å². The maximum Gasteiger partial charge on any atom is 0.229 e. The minimum absolute atomic E-state index is 0.628. The largest absolute Gasteiger partial charge is 0.415 e. The molecule has 0 aromatic heterocycles. The predicted octanol–water partition coefficient (Wildman–Crippen LogP) is 2.69. The predicted molar refractivity (Wildman–Crippen MR) is 78.8 cm³/mol. The molecule has 4 nitrogen and oxygen atoms in total. The Balaban J connectivity index is 2.88.